The second-order valence-electron chi connectivity index (χ2n) is 5.65. The average molecular weight is 333 g/mol. The van der Waals surface area contributed by atoms with E-state index < -0.39 is 11.8 Å². The topological polar surface area (TPSA) is 61.4 Å². The maximum Gasteiger partial charge on any atom is 0.263 e. The predicted molar refractivity (Wildman–Crippen MR) is 89.4 cm³/mol. The molecule has 0 spiro atoms. The first-order valence-corrected chi connectivity index (χ1v) is 7.80. The number of halogens is 1. The molecule has 7 heteroatoms. The van der Waals surface area contributed by atoms with E-state index in [1.165, 1.54) is 12.1 Å². The Kier molecular flexibility index (Phi) is 4.12. The van der Waals surface area contributed by atoms with Gasteiger partial charge in [0.25, 0.3) is 11.8 Å². The van der Waals surface area contributed by atoms with Crippen LogP contribution in [0, 0.1) is 12.7 Å². The first kappa shape index (κ1) is 15.6. The van der Waals surface area contributed by atoms with Gasteiger partial charge in [-0.2, -0.15) is 0 Å². The molecule has 2 fully saturated rings. The Hall–Kier alpha value is -2.28. The van der Waals surface area contributed by atoms with E-state index in [2.05, 4.69) is 10.6 Å². The predicted octanol–water partition coefficient (Wildman–Crippen LogP) is 1.65. The lowest BCUT2D eigenvalue weighted by molar-refractivity contribution is -0.123. The molecule has 3 rings (SSSR count). The Morgan fingerprint density at radius 2 is 1.78 bits per heavy atom. The van der Waals surface area contributed by atoms with Crippen LogP contribution in [0.5, 0.6) is 0 Å². The highest BCUT2D eigenvalue weighted by Gasteiger charge is 2.26. The molecule has 2 saturated heterocycles. The highest BCUT2D eigenvalue weighted by atomic mass is 32.1. The molecule has 2 heterocycles. The van der Waals surface area contributed by atoms with Crippen LogP contribution in [-0.2, 0) is 9.59 Å². The zero-order valence-electron chi connectivity index (χ0n) is 12.6. The molecule has 1 aromatic rings. The number of hydrogen-bond donors (Lipinski definition) is 2. The van der Waals surface area contributed by atoms with Gasteiger partial charge in [-0.25, -0.2) is 4.39 Å². The molecule has 2 aliphatic rings. The van der Waals surface area contributed by atoms with Gasteiger partial charge in [0.2, 0.25) is 0 Å². The zero-order chi connectivity index (χ0) is 16.6. The third-order valence-electron chi connectivity index (χ3n) is 4.03. The fourth-order valence-corrected chi connectivity index (χ4v) is 2.98. The van der Waals surface area contributed by atoms with Crippen molar-refractivity contribution in [3.05, 3.63) is 34.6 Å². The van der Waals surface area contributed by atoms with Gasteiger partial charge in [-0.15, -0.1) is 0 Å². The molecular formula is C16H16FN3O2S. The van der Waals surface area contributed by atoms with E-state index in [-0.39, 0.29) is 16.5 Å². The Labute approximate surface area is 138 Å². The van der Waals surface area contributed by atoms with E-state index in [9.17, 15) is 14.0 Å². The standard InChI is InChI=1S/C16H16FN3O2S/c1-9-6-13(20-4-2-3-5-20)12(17)8-10(9)7-11-14(21)18-16(23)19-15(11)22/h6-8H,2-5H2,1H3,(H2,18,19,21,22,23). The number of benzene rings is 1. The monoisotopic (exact) mass is 333 g/mol. The minimum atomic E-state index is -0.581. The summed E-state index contributed by atoms with van der Waals surface area (Å²) >= 11 is 4.75. The zero-order valence-corrected chi connectivity index (χ0v) is 13.4. The normalized spacial score (nSPS) is 18.1. The molecule has 2 amide bonds. The van der Waals surface area contributed by atoms with E-state index in [1.54, 1.807) is 6.07 Å². The molecule has 0 atom stereocenters. The van der Waals surface area contributed by atoms with E-state index in [0.29, 0.717) is 11.3 Å². The molecule has 5 nitrogen and oxygen atoms in total. The van der Waals surface area contributed by atoms with E-state index in [1.807, 2.05) is 11.8 Å². The van der Waals surface area contributed by atoms with Crippen LogP contribution in [0.3, 0.4) is 0 Å². The lowest BCUT2D eigenvalue weighted by Gasteiger charge is -2.20. The highest BCUT2D eigenvalue weighted by molar-refractivity contribution is 7.80. The lowest BCUT2D eigenvalue weighted by Crippen LogP contribution is -2.51. The first-order chi connectivity index (χ1) is 11.0. The maximum atomic E-state index is 14.4. The smallest absolute Gasteiger partial charge is 0.263 e. The van der Waals surface area contributed by atoms with Crippen LogP contribution in [0.4, 0.5) is 10.1 Å². The molecule has 0 unspecified atom stereocenters. The third-order valence-corrected chi connectivity index (χ3v) is 4.23. The van der Waals surface area contributed by atoms with Gasteiger partial charge in [-0.3, -0.25) is 20.2 Å². The molecule has 0 aromatic heterocycles. The molecule has 120 valence electrons. The van der Waals surface area contributed by atoms with Crippen molar-refractivity contribution in [3.8, 4) is 0 Å². The molecule has 23 heavy (non-hydrogen) atoms. The van der Waals surface area contributed by atoms with Crippen LogP contribution in [0.25, 0.3) is 6.08 Å². The lowest BCUT2D eigenvalue weighted by atomic mass is 10.0. The molecule has 2 N–H and O–H groups in total. The van der Waals surface area contributed by atoms with Crippen molar-refractivity contribution in [1.82, 2.24) is 10.6 Å². The van der Waals surface area contributed by atoms with Gasteiger partial charge in [-0.05, 0) is 61.3 Å². The summed E-state index contributed by atoms with van der Waals surface area (Å²) in [6.45, 7) is 3.52. The summed E-state index contributed by atoms with van der Waals surface area (Å²) in [5.74, 6) is -1.51. The highest BCUT2D eigenvalue weighted by Crippen LogP contribution is 2.28. The largest absolute Gasteiger partial charge is 0.369 e. The van der Waals surface area contributed by atoms with E-state index in [0.717, 1.165) is 31.5 Å². The van der Waals surface area contributed by atoms with Gasteiger partial charge in [0.15, 0.2) is 5.11 Å². The summed E-state index contributed by atoms with van der Waals surface area (Å²) in [6.07, 6.45) is 3.51. The number of aryl methyl sites for hydroxylation is 1. The second-order valence-corrected chi connectivity index (χ2v) is 6.06. The number of carbonyl (C=O) groups is 2. The summed E-state index contributed by atoms with van der Waals surface area (Å²) in [4.78, 5) is 25.7. The Morgan fingerprint density at radius 3 is 2.39 bits per heavy atom. The molecule has 0 radical (unpaired) electrons. The molecule has 0 saturated carbocycles. The second kappa shape index (κ2) is 6.08. The number of amides is 2. The van der Waals surface area contributed by atoms with Crippen LogP contribution in [0.2, 0.25) is 0 Å². The van der Waals surface area contributed by atoms with Crippen LogP contribution in [0.1, 0.15) is 24.0 Å². The Bertz CT molecular complexity index is 717. The van der Waals surface area contributed by atoms with Gasteiger partial charge < -0.3 is 4.90 Å². The number of nitrogens with zero attached hydrogens (tertiary/aromatic N) is 1. The third kappa shape index (κ3) is 3.10. The van der Waals surface area contributed by atoms with Crippen LogP contribution in [0.15, 0.2) is 17.7 Å². The fourth-order valence-electron chi connectivity index (χ4n) is 2.80. The van der Waals surface area contributed by atoms with Crippen LogP contribution < -0.4 is 15.5 Å². The van der Waals surface area contributed by atoms with Crippen molar-refractivity contribution >= 4 is 40.9 Å². The van der Waals surface area contributed by atoms with Crippen molar-refractivity contribution in [1.29, 1.82) is 0 Å². The summed E-state index contributed by atoms with van der Waals surface area (Å²) in [5.41, 5.74) is 1.78. The molecule has 1 aromatic carbocycles. The summed E-state index contributed by atoms with van der Waals surface area (Å²) in [6, 6.07) is 3.12. The minimum Gasteiger partial charge on any atom is -0.369 e. The van der Waals surface area contributed by atoms with Crippen molar-refractivity contribution in [2.24, 2.45) is 0 Å². The SMILES string of the molecule is Cc1cc(N2CCCC2)c(F)cc1C=C1C(=O)NC(=S)NC1=O. The number of rotatable bonds is 2. The number of thiocarbonyl (C=S) groups is 1. The first-order valence-electron chi connectivity index (χ1n) is 7.39. The Balaban J connectivity index is 1.95. The van der Waals surface area contributed by atoms with Gasteiger partial charge in [0, 0.05) is 13.1 Å². The van der Waals surface area contributed by atoms with Crippen molar-refractivity contribution in [2.45, 2.75) is 19.8 Å². The Morgan fingerprint density at radius 1 is 1.17 bits per heavy atom. The van der Waals surface area contributed by atoms with Gasteiger partial charge in [0.05, 0.1) is 5.69 Å². The van der Waals surface area contributed by atoms with Crippen LogP contribution >= 0.6 is 12.2 Å². The number of nitrogens with one attached hydrogen (secondary N) is 2. The van der Waals surface area contributed by atoms with E-state index >= 15 is 0 Å². The number of carbonyl (C=O) groups excluding carboxylic acids is 2. The summed E-state index contributed by atoms with van der Waals surface area (Å²) < 4.78 is 14.4. The number of anilines is 1. The van der Waals surface area contributed by atoms with Gasteiger partial charge in [-0.1, -0.05) is 0 Å². The average Bonchev–Trinajstić information content (AvgIpc) is 2.99. The van der Waals surface area contributed by atoms with Gasteiger partial charge >= 0.3 is 0 Å². The number of hydrogen-bond acceptors (Lipinski definition) is 4. The molecular weight excluding hydrogens is 317 g/mol. The molecule has 0 aliphatic carbocycles. The maximum absolute atomic E-state index is 14.4. The summed E-state index contributed by atoms with van der Waals surface area (Å²) in [7, 11) is 0. The quantitative estimate of drug-likeness (QED) is 0.491. The molecule has 2 aliphatic heterocycles. The fraction of sp³-hybridized carbons (Fsp3) is 0.312. The van der Waals surface area contributed by atoms with E-state index in [4.69, 9.17) is 12.2 Å². The minimum absolute atomic E-state index is 0.0237. The van der Waals surface area contributed by atoms with Crippen molar-refractivity contribution < 1.29 is 14.0 Å². The summed E-state index contributed by atoms with van der Waals surface area (Å²) in [5, 5.41) is 4.70. The van der Waals surface area contributed by atoms with Crippen molar-refractivity contribution in [3.63, 3.8) is 0 Å². The van der Waals surface area contributed by atoms with Crippen LogP contribution in [-0.4, -0.2) is 30.0 Å². The van der Waals surface area contributed by atoms with Gasteiger partial charge in [0.1, 0.15) is 11.4 Å². The van der Waals surface area contributed by atoms with Crippen molar-refractivity contribution in [2.75, 3.05) is 18.0 Å². The molecule has 0 bridgehead atoms.